The molecule has 1 N–H and O–H groups in total. The van der Waals surface area contributed by atoms with Gasteiger partial charge in [0.05, 0.1) is 27.2 Å². The first-order valence-electron chi connectivity index (χ1n) is 5.77. The smallest absolute Gasteiger partial charge is 0.293 e. The number of halogens is 2. The van der Waals surface area contributed by atoms with E-state index in [0.29, 0.717) is 12.2 Å². The second kappa shape index (κ2) is 6.07. The molecule has 20 heavy (non-hydrogen) atoms. The SMILES string of the molecule is Cc1cccc(CNc2cc(Cl)c(Cl)cc2[N+](=O)[O-])n1. The summed E-state index contributed by atoms with van der Waals surface area (Å²) in [5, 5.41) is 14.4. The predicted octanol–water partition coefficient (Wildman–Crippen LogP) is 4.22. The molecule has 0 bridgehead atoms. The fourth-order valence-electron chi connectivity index (χ4n) is 1.71. The summed E-state index contributed by atoms with van der Waals surface area (Å²) in [5.41, 5.74) is 1.86. The van der Waals surface area contributed by atoms with Crippen LogP contribution in [-0.2, 0) is 6.54 Å². The monoisotopic (exact) mass is 311 g/mol. The van der Waals surface area contributed by atoms with Crippen LogP contribution in [0.2, 0.25) is 10.0 Å². The van der Waals surface area contributed by atoms with E-state index in [4.69, 9.17) is 23.2 Å². The molecule has 0 aliphatic rings. The molecule has 1 heterocycles. The number of benzene rings is 1. The molecule has 0 unspecified atom stereocenters. The number of nitro groups is 1. The molecule has 0 spiro atoms. The van der Waals surface area contributed by atoms with Crippen molar-refractivity contribution in [3.8, 4) is 0 Å². The molecule has 5 nitrogen and oxygen atoms in total. The van der Waals surface area contributed by atoms with Crippen molar-refractivity contribution in [1.82, 2.24) is 4.98 Å². The highest BCUT2D eigenvalue weighted by Gasteiger charge is 2.16. The molecule has 7 heteroatoms. The molecule has 0 fully saturated rings. The van der Waals surface area contributed by atoms with Crippen LogP contribution >= 0.6 is 23.2 Å². The number of aryl methyl sites for hydroxylation is 1. The lowest BCUT2D eigenvalue weighted by Gasteiger charge is -2.08. The normalized spacial score (nSPS) is 10.3. The van der Waals surface area contributed by atoms with Gasteiger partial charge in [-0.2, -0.15) is 0 Å². The van der Waals surface area contributed by atoms with E-state index in [1.807, 2.05) is 25.1 Å². The van der Waals surface area contributed by atoms with Crippen molar-refractivity contribution in [3.05, 3.63) is 61.9 Å². The van der Waals surface area contributed by atoms with E-state index in [9.17, 15) is 10.1 Å². The first kappa shape index (κ1) is 14.6. The van der Waals surface area contributed by atoms with Crippen molar-refractivity contribution >= 4 is 34.6 Å². The van der Waals surface area contributed by atoms with Crippen LogP contribution in [0.5, 0.6) is 0 Å². The van der Waals surface area contributed by atoms with Gasteiger partial charge in [0.1, 0.15) is 5.69 Å². The van der Waals surface area contributed by atoms with Gasteiger partial charge in [-0.05, 0) is 25.1 Å². The number of nitrogens with one attached hydrogen (secondary N) is 1. The van der Waals surface area contributed by atoms with Crippen molar-refractivity contribution in [2.24, 2.45) is 0 Å². The van der Waals surface area contributed by atoms with Crippen molar-refractivity contribution in [2.45, 2.75) is 13.5 Å². The van der Waals surface area contributed by atoms with Crippen LogP contribution in [0.4, 0.5) is 11.4 Å². The zero-order valence-electron chi connectivity index (χ0n) is 10.6. The van der Waals surface area contributed by atoms with Crippen LogP contribution in [0.15, 0.2) is 30.3 Å². The van der Waals surface area contributed by atoms with E-state index in [2.05, 4.69) is 10.3 Å². The van der Waals surface area contributed by atoms with Gasteiger partial charge in [0.2, 0.25) is 0 Å². The van der Waals surface area contributed by atoms with Gasteiger partial charge in [-0.3, -0.25) is 15.1 Å². The number of nitro benzene ring substituents is 1. The molecule has 0 saturated heterocycles. The van der Waals surface area contributed by atoms with Crippen molar-refractivity contribution in [2.75, 3.05) is 5.32 Å². The van der Waals surface area contributed by atoms with Crippen LogP contribution in [0.3, 0.4) is 0 Å². The summed E-state index contributed by atoms with van der Waals surface area (Å²) in [6.45, 7) is 2.24. The van der Waals surface area contributed by atoms with E-state index >= 15 is 0 Å². The van der Waals surface area contributed by atoms with Crippen LogP contribution < -0.4 is 5.32 Å². The molecule has 1 aromatic carbocycles. The zero-order chi connectivity index (χ0) is 14.7. The quantitative estimate of drug-likeness (QED) is 0.678. The largest absolute Gasteiger partial charge is 0.374 e. The van der Waals surface area contributed by atoms with E-state index in [1.54, 1.807) is 0 Å². The maximum atomic E-state index is 11.0. The van der Waals surface area contributed by atoms with Gasteiger partial charge in [0.25, 0.3) is 5.69 Å². The Balaban J connectivity index is 2.24. The summed E-state index contributed by atoms with van der Waals surface area (Å²) >= 11 is 11.7. The Morgan fingerprint density at radius 2 is 2.00 bits per heavy atom. The van der Waals surface area contributed by atoms with Gasteiger partial charge < -0.3 is 5.32 Å². The molecular formula is C13H11Cl2N3O2. The minimum Gasteiger partial charge on any atom is -0.374 e. The first-order valence-corrected chi connectivity index (χ1v) is 6.53. The van der Waals surface area contributed by atoms with Gasteiger partial charge in [0, 0.05) is 11.8 Å². The summed E-state index contributed by atoms with van der Waals surface area (Å²) in [6, 6.07) is 8.27. The number of hydrogen-bond donors (Lipinski definition) is 1. The lowest BCUT2D eigenvalue weighted by Crippen LogP contribution is -2.04. The Morgan fingerprint density at radius 1 is 1.30 bits per heavy atom. The topological polar surface area (TPSA) is 68.1 Å². The molecule has 0 aliphatic heterocycles. The third-order valence-electron chi connectivity index (χ3n) is 2.64. The molecule has 0 amide bonds. The predicted molar refractivity (Wildman–Crippen MR) is 79.4 cm³/mol. The van der Waals surface area contributed by atoms with Crippen molar-refractivity contribution < 1.29 is 4.92 Å². The molecule has 0 radical (unpaired) electrons. The number of rotatable bonds is 4. The number of anilines is 1. The van der Waals surface area contributed by atoms with E-state index in [1.165, 1.54) is 12.1 Å². The standard InChI is InChI=1S/C13H11Cl2N3O2/c1-8-3-2-4-9(17-8)7-16-12-5-10(14)11(15)6-13(12)18(19)20/h2-6,16H,7H2,1H3. The summed E-state index contributed by atoms with van der Waals surface area (Å²) in [4.78, 5) is 14.8. The number of hydrogen-bond acceptors (Lipinski definition) is 4. The number of nitrogens with zero attached hydrogens (tertiary/aromatic N) is 2. The fraction of sp³-hybridized carbons (Fsp3) is 0.154. The van der Waals surface area contributed by atoms with E-state index < -0.39 is 4.92 Å². The third-order valence-corrected chi connectivity index (χ3v) is 3.36. The first-order chi connectivity index (χ1) is 9.47. The van der Waals surface area contributed by atoms with Crippen molar-refractivity contribution in [3.63, 3.8) is 0 Å². The fourth-order valence-corrected chi connectivity index (χ4v) is 2.03. The van der Waals surface area contributed by atoms with Crippen LogP contribution in [0, 0.1) is 17.0 Å². The molecule has 2 rings (SSSR count). The van der Waals surface area contributed by atoms with Gasteiger partial charge in [-0.15, -0.1) is 0 Å². The molecule has 0 aliphatic carbocycles. The lowest BCUT2D eigenvalue weighted by atomic mass is 10.2. The average Bonchev–Trinajstić information content (AvgIpc) is 2.39. The highest BCUT2D eigenvalue weighted by atomic mass is 35.5. The number of pyridine rings is 1. The Kier molecular flexibility index (Phi) is 4.42. The Morgan fingerprint density at radius 3 is 2.65 bits per heavy atom. The van der Waals surface area contributed by atoms with E-state index in [-0.39, 0.29) is 15.7 Å². The highest BCUT2D eigenvalue weighted by Crippen LogP contribution is 2.34. The molecule has 1 aromatic heterocycles. The summed E-state index contributed by atoms with van der Waals surface area (Å²) in [5.74, 6) is 0. The Labute approximate surface area is 125 Å². The number of aromatic nitrogens is 1. The van der Waals surface area contributed by atoms with Crippen LogP contribution in [0.25, 0.3) is 0 Å². The summed E-state index contributed by atoms with van der Waals surface area (Å²) < 4.78 is 0. The summed E-state index contributed by atoms with van der Waals surface area (Å²) in [6.07, 6.45) is 0. The molecule has 2 aromatic rings. The van der Waals surface area contributed by atoms with Gasteiger partial charge in [-0.1, -0.05) is 29.3 Å². The molecule has 104 valence electrons. The maximum Gasteiger partial charge on any atom is 0.293 e. The molecule has 0 atom stereocenters. The van der Waals surface area contributed by atoms with Crippen LogP contribution in [0.1, 0.15) is 11.4 Å². The third kappa shape index (κ3) is 3.37. The van der Waals surface area contributed by atoms with Gasteiger partial charge in [0.15, 0.2) is 0 Å². The van der Waals surface area contributed by atoms with E-state index in [0.717, 1.165) is 11.4 Å². The lowest BCUT2D eigenvalue weighted by molar-refractivity contribution is -0.383. The van der Waals surface area contributed by atoms with Crippen LogP contribution in [-0.4, -0.2) is 9.91 Å². The Hall–Kier alpha value is -1.85. The second-order valence-electron chi connectivity index (χ2n) is 4.16. The molecular weight excluding hydrogens is 301 g/mol. The maximum absolute atomic E-state index is 11.0. The average molecular weight is 312 g/mol. The molecule has 0 saturated carbocycles. The minimum absolute atomic E-state index is 0.118. The van der Waals surface area contributed by atoms with Gasteiger partial charge >= 0.3 is 0 Å². The summed E-state index contributed by atoms with van der Waals surface area (Å²) in [7, 11) is 0. The Bertz CT molecular complexity index is 662. The van der Waals surface area contributed by atoms with Crippen molar-refractivity contribution in [1.29, 1.82) is 0 Å². The van der Waals surface area contributed by atoms with Gasteiger partial charge in [-0.25, -0.2) is 0 Å². The highest BCUT2D eigenvalue weighted by molar-refractivity contribution is 6.42. The second-order valence-corrected chi connectivity index (χ2v) is 4.98. The zero-order valence-corrected chi connectivity index (χ0v) is 12.1. The minimum atomic E-state index is -0.506.